The van der Waals surface area contributed by atoms with Crippen molar-refractivity contribution < 1.29 is 8.42 Å². The minimum Gasteiger partial charge on any atom is -0.212 e. The molecule has 0 saturated heterocycles. The molecule has 0 aromatic rings. The number of hydrogen-bond acceptors (Lipinski definition) is 2. The van der Waals surface area contributed by atoms with E-state index in [0.29, 0.717) is 13.1 Å². The third-order valence-electron chi connectivity index (χ3n) is 2.00. The molecule has 0 aromatic heterocycles. The Morgan fingerprint density at radius 2 is 1.85 bits per heavy atom. The van der Waals surface area contributed by atoms with Crippen molar-refractivity contribution in [3.63, 3.8) is 0 Å². The molecule has 0 aliphatic heterocycles. The molecule has 0 rings (SSSR count). The van der Waals surface area contributed by atoms with Crippen molar-refractivity contribution in [2.75, 3.05) is 18.8 Å². The van der Waals surface area contributed by atoms with Crippen LogP contribution in [0.15, 0.2) is 0 Å². The highest BCUT2D eigenvalue weighted by atomic mass is 32.2. The molecule has 0 aliphatic carbocycles. The van der Waals surface area contributed by atoms with Crippen molar-refractivity contribution >= 4 is 10.0 Å². The van der Waals surface area contributed by atoms with E-state index in [1.165, 1.54) is 4.31 Å². The van der Waals surface area contributed by atoms with E-state index >= 15 is 0 Å². The van der Waals surface area contributed by atoms with Crippen LogP contribution in [0.3, 0.4) is 0 Å². The average Bonchev–Trinajstić information content (AvgIpc) is 2.06. The first kappa shape index (κ1) is 12.9. The Bertz CT molecular complexity index is 208. The first-order valence-corrected chi connectivity index (χ1v) is 6.46. The summed E-state index contributed by atoms with van der Waals surface area (Å²) < 4.78 is 24.5. The summed E-state index contributed by atoms with van der Waals surface area (Å²) in [6.45, 7) is 8.36. The highest BCUT2D eigenvalue weighted by molar-refractivity contribution is 7.89. The van der Waals surface area contributed by atoms with Crippen LogP contribution < -0.4 is 0 Å². The normalized spacial score (nSPS) is 12.3. The maximum Gasteiger partial charge on any atom is 0.214 e. The first-order valence-electron chi connectivity index (χ1n) is 4.85. The molecule has 0 aliphatic rings. The molecule has 1 radical (unpaired) electrons. The molecule has 0 saturated carbocycles. The SMILES string of the molecule is [CH2]CN(CC)S(=O)(=O)CCCCC. The quantitative estimate of drug-likeness (QED) is 0.594. The van der Waals surface area contributed by atoms with Gasteiger partial charge in [-0.25, -0.2) is 12.7 Å². The molecular formula is C9H20NO2S. The summed E-state index contributed by atoms with van der Waals surface area (Å²) in [6, 6.07) is 0. The van der Waals surface area contributed by atoms with Gasteiger partial charge >= 0.3 is 0 Å². The lowest BCUT2D eigenvalue weighted by molar-refractivity contribution is 0.456. The predicted molar refractivity (Wildman–Crippen MR) is 55.9 cm³/mol. The fraction of sp³-hybridized carbons (Fsp3) is 0.889. The van der Waals surface area contributed by atoms with E-state index in [1.54, 1.807) is 0 Å². The van der Waals surface area contributed by atoms with E-state index in [4.69, 9.17) is 0 Å². The van der Waals surface area contributed by atoms with Gasteiger partial charge in [0.25, 0.3) is 0 Å². The van der Waals surface area contributed by atoms with Gasteiger partial charge in [-0.2, -0.15) is 0 Å². The van der Waals surface area contributed by atoms with Crippen molar-refractivity contribution in [3.8, 4) is 0 Å². The molecule has 0 unspecified atom stereocenters. The Morgan fingerprint density at radius 3 is 2.23 bits per heavy atom. The van der Waals surface area contributed by atoms with E-state index < -0.39 is 10.0 Å². The van der Waals surface area contributed by atoms with Crippen LogP contribution in [0.1, 0.15) is 33.1 Å². The second kappa shape index (κ2) is 6.38. The Morgan fingerprint density at radius 1 is 1.23 bits per heavy atom. The monoisotopic (exact) mass is 206 g/mol. The van der Waals surface area contributed by atoms with Crippen LogP contribution in [0, 0.1) is 6.92 Å². The number of hydrogen-bond donors (Lipinski definition) is 0. The average molecular weight is 206 g/mol. The Kier molecular flexibility index (Phi) is 6.33. The predicted octanol–water partition coefficient (Wildman–Crippen LogP) is 1.66. The molecule has 0 bridgehead atoms. The molecule has 0 atom stereocenters. The lowest BCUT2D eigenvalue weighted by Crippen LogP contribution is -2.32. The standard InChI is InChI=1S/C9H20NO2S/c1-4-7-8-9-13(11,12)10(5-2)6-3/h2,4-9H2,1,3H3. The third kappa shape index (κ3) is 4.62. The molecule has 4 heteroatoms. The van der Waals surface area contributed by atoms with Gasteiger partial charge in [-0.1, -0.05) is 26.7 Å². The summed E-state index contributed by atoms with van der Waals surface area (Å²) in [5, 5.41) is 0. The Balaban J connectivity index is 4.05. The van der Waals surface area contributed by atoms with Crippen LogP contribution in [0.5, 0.6) is 0 Å². The van der Waals surface area contributed by atoms with Gasteiger partial charge in [0.1, 0.15) is 0 Å². The van der Waals surface area contributed by atoms with Gasteiger partial charge in [-0.05, 0) is 13.3 Å². The molecule has 0 aromatic carbocycles. The zero-order chi connectivity index (χ0) is 10.3. The van der Waals surface area contributed by atoms with Crippen molar-refractivity contribution in [2.24, 2.45) is 0 Å². The van der Waals surface area contributed by atoms with Crippen LogP contribution in [-0.2, 0) is 10.0 Å². The van der Waals surface area contributed by atoms with Crippen LogP contribution in [0.4, 0.5) is 0 Å². The fourth-order valence-electron chi connectivity index (χ4n) is 1.16. The smallest absolute Gasteiger partial charge is 0.212 e. The first-order chi connectivity index (χ1) is 6.08. The molecule has 0 fully saturated rings. The van der Waals surface area contributed by atoms with Gasteiger partial charge in [-0.15, -0.1) is 0 Å². The van der Waals surface area contributed by atoms with E-state index in [1.807, 2.05) is 6.92 Å². The highest BCUT2D eigenvalue weighted by Crippen LogP contribution is 2.05. The van der Waals surface area contributed by atoms with Crippen molar-refractivity contribution in [1.82, 2.24) is 4.31 Å². The van der Waals surface area contributed by atoms with E-state index in [2.05, 4.69) is 13.8 Å². The summed E-state index contributed by atoms with van der Waals surface area (Å²) in [6.07, 6.45) is 2.79. The van der Waals surface area contributed by atoms with Crippen molar-refractivity contribution in [1.29, 1.82) is 0 Å². The Labute approximate surface area is 82.2 Å². The fourth-order valence-corrected chi connectivity index (χ4v) is 2.66. The van der Waals surface area contributed by atoms with Gasteiger partial charge in [0, 0.05) is 13.1 Å². The number of nitrogens with zero attached hydrogens (tertiary/aromatic N) is 1. The van der Waals surface area contributed by atoms with Crippen LogP contribution in [0.25, 0.3) is 0 Å². The molecular weight excluding hydrogens is 186 g/mol. The largest absolute Gasteiger partial charge is 0.214 e. The number of unbranched alkanes of at least 4 members (excludes halogenated alkanes) is 2. The van der Waals surface area contributed by atoms with Crippen molar-refractivity contribution in [3.05, 3.63) is 6.92 Å². The molecule has 0 amide bonds. The Hall–Kier alpha value is -0.0900. The maximum atomic E-state index is 11.6. The summed E-state index contributed by atoms with van der Waals surface area (Å²) in [4.78, 5) is 0. The van der Waals surface area contributed by atoms with Gasteiger partial charge in [-0.3, -0.25) is 0 Å². The van der Waals surface area contributed by atoms with Gasteiger partial charge in [0.05, 0.1) is 5.75 Å². The second-order valence-corrected chi connectivity index (χ2v) is 5.10. The second-order valence-electron chi connectivity index (χ2n) is 3.01. The highest BCUT2D eigenvalue weighted by Gasteiger charge is 2.17. The third-order valence-corrected chi connectivity index (χ3v) is 4.03. The molecule has 0 N–H and O–H groups in total. The van der Waals surface area contributed by atoms with E-state index in [-0.39, 0.29) is 5.75 Å². The summed E-state index contributed by atoms with van der Waals surface area (Å²) in [5.74, 6) is 0.268. The van der Waals surface area contributed by atoms with E-state index in [0.717, 1.165) is 19.3 Å². The molecule has 13 heavy (non-hydrogen) atoms. The number of rotatable bonds is 7. The zero-order valence-corrected chi connectivity index (χ0v) is 9.44. The molecule has 3 nitrogen and oxygen atoms in total. The molecule has 79 valence electrons. The van der Waals surface area contributed by atoms with Crippen LogP contribution in [0.2, 0.25) is 0 Å². The topological polar surface area (TPSA) is 37.4 Å². The molecule has 0 heterocycles. The minimum absolute atomic E-state index is 0.268. The van der Waals surface area contributed by atoms with E-state index in [9.17, 15) is 8.42 Å². The van der Waals surface area contributed by atoms with Gasteiger partial charge in [0.2, 0.25) is 10.0 Å². The molecule has 0 spiro atoms. The maximum absolute atomic E-state index is 11.6. The summed E-state index contributed by atoms with van der Waals surface area (Å²) >= 11 is 0. The summed E-state index contributed by atoms with van der Waals surface area (Å²) in [7, 11) is -3.02. The van der Waals surface area contributed by atoms with Gasteiger partial charge < -0.3 is 0 Å². The lowest BCUT2D eigenvalue weighted by atomic mass is 10.3. The minimum atomic E-state index is -3.02. The number of sulfonamides is 1. The van der Waals surface area contributed by atoms with Gasteiger partial charge in [0.15, 0.2) is 0 Å². The van der Waals surface area contributed by atoms with Crippen molar-refractivity contribution in [2.45, 2.75) is 33.1 Å². The zero-order valence-electron chi connectivity index (χ0n) is 8.62. The van der Waals surface area contributed by atoms with Crippen LogP contribution >= 0.6 is 0 Å². The van der Waals surface area contributed by atoms with Crippen LogP contribution in [-0.4, -0.2) is 31.6 Å². The lowest BCUT2D eigenvalue weighted by Gasteiger charge is -2.17. The summed E-state index contributed by atoms with van der Waals surface area (Å²) in [5.41, 5.74) is 0.